The average molecular weight is 231 g/mol. The van der Waals surface area contributed by atoms with Crippen LogP contribution in [0.3, 0.4) is 0 Å². The molecule has 1 fully saturated rings. The Kier molecular flexibility index (Phi) is 2.46. The van der Waals surface area contributed by atoms with Crippen LogP contribution >= 0.6 is 0 Å². The van der Waals surface area contributed by atoms with E-state index in [0.29, 0.717) is 5.78 Å². The Morgan fingerprint density at radius 1 is 1.47 bits per heavy atom. The molecule has 5 heteroatoms. The molecule has 0 amide bonds. The fourth-order valence-corrected chi connectivity index (χ4v) is 2.51. The molecule has 90 valence electrons. The first-order valence-corrected chi connectivity index (χ1v) is 6.20. The Balaban J connectivity index is 2.02. The molecule has 0 saturated carbocycles. The second-order valence-corrected chi connectivity index (χ2v) is 4.74. The van der Waals surface area contributed by atoms with Crippen LogP contribution < -0.4 is 4.90 Å². The van der Waals surface area contributed by atoms with E-state index in [1.54, 1.807) is 6.33 Å². The first-order chi connectivity index (χ1) is 8.28. The third-order valence-corrected chi connectivity index (χ3v) is 3.55. The van der Waals surface area contributed by atoms with Gasteiger partial charge in [-0.2, -0.15) is 14.6 Å². The Morgan fingerprint density at radius 3 is 3.12 bits per heavy atom. The highest BCUT2D eigenvalue weighted by atomic mass is 15.4. The van der Waals surface area contributed by atoms with Crippen LogP contribution in [0.15, 0.2) is 12.4 Å². The van der Waals surface area contributed by atoms with Gasteiger partial charge < -0.3 is 4.90 Å². The van der Waals surface area contributed by atoms with Gasteiger partial charge in [0.2, 0.25) is 0 Å². The molecule has 0 bridgehead atoms. The minimum Gasteiger partial charge on any atom is -0.356 e. The quantitative estimate of drug-likeness (QED) is 0.788. The van der Waals surface area contributed by atoms with E-state index in [4.69, 9.17) is 0 Å². The minimum atomic E-state index is 0.694. The smallest absolute Gasteiger partial charge is 0.254 e. The summed E-state index contributed by atoms with van der Waals surface area (Å²) in [4.78, 5) is 10.9. The lowest BCUT2D eigenvalue weighted by Crippen LogP contribution is -2.23. The molecule has 0 N–H and O–H groups in total. The second kappa shape index (κ2) is 3.98. The molecule has 3 heterocycles. The van der Waals surface area contributed by atoms with Gasteiger partial charge in [0, 0.05) is 24.8 Å². The van der Waals surface area contributed by atoms with Gasteiger partial charge >= 0.3 is 0 Å². The summed E-state index contributed by atoms with van der Waals surface area (Å²) in [6, 6.07) is 2.10. The maximum Gasteiger partial charge on any atom is 0.254 e. The third kappa shape index (κ3) is 1.75. The molecule has 1 atom stereocenters. The zero-order valence-electron chi connectivity index (χ0n) is 10.3. The highest BCUT2D eigenvalue weighted by molar-refractivity contribution is 5.47. The molecule has 1 aliphatic rings. The summed E-state index contributed by atoms with van der Waals surface area (Å²) in [7, 11) is 0. The van der Waals surface area contributed by atoms with Crippen LogP contribution in [-0.2, 0) is 0 Å². The summed E-state index contributed by atoms with van der Waals surface area (Å²) in [5.41, 5.74) is 1.00. The molecule has 1 aliphatic heterocycles. The lowest BCUT2D eigenvalue weighted by Gasteiger charge is -2.19. The number of rotatable bonds is 2. The van der Waals surface area contributed by atoms with E-state index < -0.39 is 0 Å². The van der Waals surface area contributed by atoms with Crippen molar-refractivity contribution in [3.63, 3.8) is 0 Å². The number of fused-ring (bicyclic) bond motifs is 1. The highest BCUT2D eigenvalue weighted by Gasteiger charge is 2.23. The van der Waals surface area contributed by atoms with E-state index in [1.807, 2.05) is 11.4 Å². The fraction of sp³-hybridized carbons (Fsp3) is 0.583. The molecule has 17 heavy (non-hydrogen) atoms. The van der Waals surface area contributed by atoms with Gasteiger partial charge in [0.25, 0.3) is 5.78 Å². The normalized spacial score (nSPS) is 20.4. The summed E-state index contributed by atoms with van der Waals surface area (Å²) in [5.74, 6) is 2.63. The van der Waals surface area contributed by atoms with Gasteiger partial charge in [0.15, 0.2) is 0 Å². The fourth-order valence-electron chi connectivity index (χ4n) is 2.51. The Labute approximate surface area is 100 Å². The molecular formula is C12H17N5. The molecule has 0 radical (unpaired) electrons. The monoisotopic (exact) mass is 231 g/mol. The first-order valence-electron chi connectivity index (χ1n) is 6.20. The molecule has 0 aliphatic carbocycles. The molecule has 0 spiro atoms. The van der Waals surface area contributed by atoms with Crippen molar-refractivity contribution in [3.8, 4) is 0 Å². The molecule has 1 saturated heterocycles. The SMILES string of the molecule is CCC1CCN(c2cc(C)nc3ncnn23)C1. The lowest BCUT2D eigenvalue weighted by atomic mass is 10.1. The molecule has 1 unspecified atom stereocenters. The Morgan fingerprint density at radius 2 is 2.35 bits per heavy atom. The van der Waals surface area contributed by atoms with Crippen molar-refractivity contribution in [1.29, 1.82) is 0 Å². The van der Waals surface area contributed by atoms with E-state index in [2.05, 4.69) is 33.0 Å². The van der Waals surface area contributed by atoms with Gasteiger partial charge in [0.1, 0.15) is 12.1 Å². The topological polar surface area (TPSA) is 46.3 Å². The van der Waals surface area contributed by atoms with Crippen LogP contribution in [0.4, 0.5) is 5.82 Å². The van der Waals surface area contributed by atoms with Crippen LogP contribution in [0.2, 0.25) is 0 Å². The van der Waals surface area contributed by atoms with Crippen molar-refractivity contribution in [2.24, 2.45) is 5.92 Å². The van der Waals surface area contributed by atoms with Crippen LogP contribution in [0.1, 0.15) is 25.5 Å². The Bertz CT molecular complexity index is 533. The van der Waals surface area contributed by atoms with Crippen molar-refractivity contribution in [3.05, 3.63) is 18.1 Å². The van der Waals surface area contributed by atoms with Crippen LogP contribution in [0.25, 0.3) is 5.78 Å². The number of anilines is 1. The number of aryl methyl sites for hydroxylation is 1. The van der Waals surface area contributed by atoms with Gasteiger partial charge in [-0.3, -0.25) is 0 Å². The van der Waals surface area contributed by atoms with Crippen molar-refractivity contribution < 1.29 is 0 Å². The van der Waals surface area contributed by atoms with E-state index in [0.717, 1.165) is 30.5 Å². The van der Waals surface area contributed by atoms with E-state index in [1.165, 1.54) is 12.8 Å². The molecule has 0 aromatic carbocycles. The second-order valence-electron chi connectivity index (χ2n) is 4.74. The molecule has 2 aromatic heterocycles. The third-order valence-electron chi connectivity index (χ3n) is 3.55. The zero-order chi connectivity index (χ0) is 11.8. The summed E-state index contributed by atoms with van der Waals surface area (Å²) >= 11 is 0. The number of aromatic nitrogens is 4. The summed E-state index contributed by atoms with van der Waals surface area (Å²) in [6.45, 7) is 6.49. The van der Waals surface area contributed by atoms with Crippen molar-refractivity contribution >= 4 is 11.6 Å². The molecular weight excluding hydrogens is 214 g/mol. The van der Waals surface area contributed by atoms with Crippen molar-refractivity contribution in [2.45, 2.75) is 26.7 Å². The lowest BCUT2D eigenvalue weighted by molar-refractivity contribution is 0.568. The average Bonchev–Trinajstić information content (AvgIpc) is 2.95. The number of hydrogen-bond donors (Lipinski definition) is 0. The number of hydrogen-bond acceptors (Lipinski definition) is 4. The first kappa shape index (κ1) is 10.5. The zero-order valence-corrected chi connectivity index (χ0v) is 10.3. The van der Waals surface area contributed by atoms with Gasteiger partial charge in [-0.15, -0.1) is 0 Å². The van der Waals surface area contributed by atoms with Crippen LogP contribution in [0, 0.1) is 12.8 Å². The van der Waals surface area contributed by atoms with E-state index >= 15 is 0 Å². The molecule has 2 aromatic rings. The maximum absolute atomic E-state index is 4.37. The van der Waals surface area contributed by atoms with Gasteiger partial charge in [-0.05, 0) is 19.3 Å². The summed E-state index contributed by atoms with van der Waals surface area (Å²) in [6.07, 6.45) is 4.09. The minimum absolute atomic E-state index is 0.694. The standard InChI is InChI=1S/C12H17N5/c1-3-10-4-5-16(7-10)11-6-9(2)15-12-13-8-14-17(11)12/h6,8,10H,3-5,7H2,1-2H3. The summed E-state index contributed by atoms with van der Waals surface area (Å²) < 4.78 is 1.84. The van der Waals surface area contributed by atoms with Crippen molar-refractivity contribution in [1.82, 2.24) is 19.6 Å². The van der Waals surface area contributed by atoms with Crippen LogP contribution in [0.5, 0.6) is 0 Å². The largest absolute Gasteiger partial charge is 0.356 e. The maximum atomic E-state index is 4.37. The van der Waals surface area contributed by atoms with Crippen LogP contribution in [-0.4, -0.2) is 32.7 Å². The Hall–Kier alpha value is -1.65. The van der Waals surface area contributed by atoms with Gasteiger partial charge in [0.05, 0.1) is 0 Å². The van der Waals surface area contributed by atoms with E-state index in [9.17, 15) is 0 Å². The highest BCUT2D eigenvalue weighted by Crippen LogP contribution is 2.25. The van der Waals surface area contributed by atoms with Crippen molar-refractivity contribution in [2.75, 3.05) is 18.0 Å². The predicted molar refractivity (Wildman–Crippen MR) is 66.1 cm³/mol. The molecule has 3 rings (SSSR count). The van der Waals surface area contributed by atoms with Gasteiger partial charge in [-0.1, -0.05) is 13.3 Å². The number of nitrogens with zero attached hydrogens (tertiary/aromatic N) is 5. The summed E-state index contributed by atoms with van der Waals surface area (Å²) in [5, 5.41) is 4.26. The van der Waals surface area contributed by atoms with Gasteiger partial charge in [-0.25, -0.2) is 4.98 Å². The predicted octanol–water partition coefficient (Wildman–Crippen LogP) is 1.67. The van der Waals surface area contributed by atoms with E-state index in [-0.39, 0.29) is 0 Å². The molecule has 5 nitrogen and oxygen atoms in total.